The molecule has 0 radical (unpaired) electrons. The Bertz CT molecular complexity index is 1290. The van der Waals surface area contributed by atoms with Crippen LogP contribution in [0.1, 0.15) is 18.1 Å². The second-order valence-corrected chi connectivity index (χ2v) is 7.36. The molecule has 0 saturated carbocycles. The molecule has 1 heterocycles. The van der Waals surface area contributed by atoms with Crippen LogP contribution in [0.25, 0.3) is 10.9 Å². The molecule has 0 aliphatic heterocycles. The van der Waals surface area contributed by atoms with Gasteiger partial charge in [0.25, 0.3) is 5.91 Å². The third kappa shape index (κ3) is 4.92. The van der Waals surface area contributed by atoms with E-state index in [4.69, 9.17) is 16.3 Å². The van der Waals surface area contributed by atoms with Crippen molar-refractivity contribution in [3.05, 3.63) is 74.4 Å². The number of aromatic amines is 1. The summed E-state index contributed by atoms with van der Waals surface area (Å²) in [5, 5.41) is 21.6. The van der Waals surface area contributed by atoms with Crippen molar-refractivity contribution in [1.82, 2.24) is 4.98 Å². The van der Waals surface area contributed by atoms with E-state index in [2.05, 4.69) is 20.5 Å². The molecule has 0 unspecified atom stereocenters. The average Bonchev–Trinajstić information content (AvgIpc) is 2.69. The summed E-state index contributed by atoms with van der Waals surface area (Å²) in [6.45, 7) is 5.00. The maximum Gasteiger partial charge on any atom is 0.279 e. The number of ether oxygens (including phenoxy) is 1. The third-order valence-electron chi connectivity index (χ3n) is 4.54. The molecule has 8 nitrogen and oxygen atoms in total. The molecule has 1 amide bonds. The van der Waals surface area contributed by atoms with E-state index in [0.717, 1.165) is 16.5 Å². The van der Waals surface area contributed by atoms with Gasteiger partial charge in [-0.2, -0.15) is 0 Å². The van der Waals surface area contributed by atoms with Crippen molar-refractivity contribution >= 4 is 39.8 Å². The van der Waals surface area contributed by atoms with Crippen LogP contribution in [-0.4, -0.2) is 23.1 Å². The van der Waals surface area contributed by atoms with Crippen molar-refractivity contribution in [3.8, 4) is 5.75 Å². The summed E-state index contributed by atoms with van der Waals surface area (Å²) in [5.41, 5.74) is 2.32. The van der Waals surface area contributed by atoms with E-state index in [9.17, 15) is 14.7 Å². The number of benzene rings is 2. The summed E-state index contributed by atoms with van der Waals surface area (Å²) in [5.74, 6) is -0.537. The number of allylic oxidation sites excluding steroid dienone is 1. The number of nitrogens with one attached hydrogen (secondary N) is 2. The first kappa shape index (κ1) is 22.0. The quantitative estimate of drug-likeness (QED) is 0.283. The van der Waals surface area contributed by atoms with Gasteiger partial charge >= 0.3 is 0 Å². The van der Waals surface area contributed by atoms with Gasteiger partial charge in [0.05, 0.1) is 23.3 Å². The first-order chi connectivity index (χ1) is 14.7. The zero-order valence-electron chi connectivity index (χ0n) is 17.4. The summed E-state index contributed by atoms with van der Waals surface area (Å²) < 4.78 is 5.25. The maximum atomic E-state index is 12.7. The van der Waals surface area contributed by atoms with Crippen LogP contribution in [0.3, 0.4) is 0 Å². The van der Waals surface area contributed by atoms with E-state index in [1.165, 1.54) is 20.1 Å². The normalized spacial score (nSPS) is 12.2. The Hall–Kier alpha value is -3.65. The molecule has 3 N–H and O–H groups in total. The predicted octanol–water partition coefficient (Wildman–Crippen LogP) is 5.32. The molecule has 1 aromatic heterocycles. The molecule has 0 fully saturated rings. The van der Waals surface area contributed by atoms with Crippen molar-refractivity contribution in [2.45, 2.75) is 20.8 Å². The number of pyridine rings is 1. The van der Waals surface area contributed by atoms with Crippen LogP contribution in [-0.2, 0) is 4.79 Å². The summed E-state index contributed by atoms with van der Waals surface area (Å²) in [7, 11) is 1.49. The zero-order valence-corrected chi connectivity index (χ0v) is 18.2. The van der Waals surface area contributed by atoms with Crippen molar-refractivity contribution in [2.24, 2.45) is 10.2 Å². The number of halogens is 1. The number of carbonyl (C=O) groups is 1. The van der Waals surface area contributed by atoms with E-state index >= 15 is 0 Å². The van der Waals surface area contributed by atoms with Crippen LogP contribution < -0.4 is 15.6 Å². The second kappa shape index (κ2) is 9.01. The lowest BCUT2D eigenvalue weighted by Crippen LogP contribution is -2.15. The van der Waals surface area contributed by atoms with Crippen LogP contribution >= 0.6 is 11.6 Å². The SMILES string of the molecule is COc1ccc(C)cc1NC(=O)C(N=Nc1cc2[nH]c(=O)cc(C)c2cc1Cl)=C(C)O. The summed E-state index contributed by atoms with van der Waals surface area (Å²) in [6.07, 6.45) is 0. The van der Waals surface area contributed by atoms with E-state index in [1.54, 1.807) is 31.2 Å². The minimum absolute atomic E-state index is 0.232. The number of rotatable bonds is 5. The summed E-state index contributed by atoms with van der Waals surface area (Å²) in [6, 6.07) is 9.98. The molecule has 2 aromatic carbocycles. The molecule has 0 bridgehead atoms. The molecule has 0 atom stereocenters. The van der Waals surface area contributed by atoms with Crippen molar-refractivity contribution < 1.29 is 14.6 Å². The van der Waals surface area contributed by atoms with Gasteiger partial charge in [-0.3, -0.25) is 9.59 Å². The standard InChI is InChI=1S/C22H21ClN4O4/c1-11-5-6-19(31-4)18(7-11)25-22(30)21(13(3)28)27-26-17-10-16-14(9-15(17)23)12(2)8-20(29)24-16/h5-10,28H,1-4H3,(H,24,29)(H,25,30). The van der Waals surface area contributed by atoms with E-state index in [0.29, 0.717) is 17.0 Å². The smallest absolute Gasteiger partial charge is 0.279 e. The Morgan fingerprint density at radius 1 is 1.19 bits per heavy atom. The number of methoxy groups -OCH3 is 1. The first-order valence-electron chi connectivity index (χ1n) is 9.30. The number of anilines is 1. The fourth-order valence-electron chi connectivity index (χ4n) is 3.00. The Morgan fingerprint density at radius 3 is 2.61 bits per heavy atom. The van der Waals surface area contributed by atoms with Crippen molar-refractivity contribution in [3.63, 3.8) is 0 Å². The molecule has 160 valence electrons. The topological polar surface area (TPSA) is 116 Å². The van der Waals surface area contributed by atoms with Crippen LogP contribution in [0.4, 0.5) is 11.4 Å². The molecular weight excluding hydrogens is 420 g/mol. The van der Waals surface area contributed by atoms with Gasteiger partial charge in [-0.25, -0.2) is 0 Å². The van der Waals surface area contributed by atoms with Crippen LogP contribution in [0.15, 0.2) is 62.9 Å². The lowest BCUT2D eigenvalue weighted by Gasteiger charge is -2.11. The molecule has 31 heavy (non-hydrogen) atoms. The van der Waals surface area contributed by atoms with Crippen molar-refractivity contribution in [1.29, 1.82) is 0 Å². The van der Waals surface area contributed by atoms with Gasteiger partial charge < -0.3 is 20.1 Å². The van der Waals surface area contributed by atoms with Gasteiger partial charge in [0.1, 0.15) is 17.2 Å². The van der Waals surface area contributed by atoms with E-state index in [1.807, 2.05) is 13.0 Å². The molecular formula is C22H21ClN4O4. The minimum Gasteiger partial charge on any atom is -0.510 e. The number of hydrogen-bond donors (Lipinski definition) is 3. The molecule has 9 heteroatoms. The average molecular weight is 441 g/mol. The fourth-order valence-corrected chi connectivity index (χ4v) is 3.20. The minimum atomic E-state index is -0.672. The van der Waals surface area contributed by atoms with Crippen LogP contribution in [0.2, 0.25) is 5.02 Å². The van der Waals surface area contributed by atoms with Gasteiger partial charge in [-0.1, -0.05) is 17.7 Å². The highest BCUT2D eigenvalue weighted by Gasteiger charge is 2.16. The van der Waals surface area contributed by atoms with Crippen LogP contribution in [0, 0.1) is 13.8 Å². The maximum absolute atomic E-state index is 12.7. The number of H-pyrrole nitrogens is 1. The number of nitrogens with zero attached hydrogens (tertiary/aromatic N) is 2. The van der Waals surface area contributed by atoms with E-state index in [-0.39, 0.29) is 27.7 Å². The number of aromatic nitrogens is 1. The lowest BCUT2D eigenvalue weighted by atomic mass is 10.1. The molecule has 0 saturated heterocycles. The Labute approximate surface area is 183 Å². The number of aliphatic hydroxyl groups is 1. The monoisotopic (exact) mass is 440 g/mol. The molecule has 3 aromatic rings. The number of fused-ring (bicyclic) bond motifs is 1. The number of hydrogen-bond acceptors (Lipinski definition) is 6. The highest BCUT2D eigenvalue weighted by atomic mass is 35.5. The van der Waals surface area contributed by atoms with Crippen LogP contribution in [0.5, 0.6) is 5.75 Å². The number of carbonyl (C=O) groups excluding carboxylic acids is 1. The third-order valence-corrected chi connectivity index (χ3v) is 4.84. The Morgan fingerprint density at radius 2 is 1.94 bits per heavy atom. The Balaban J connectivity index is 1.94. The number of amides is 1. The van der Waals surface area contributed by atoms with Gasteiger partial charge in [0, 0.05) is 11.5 Å². The zero-order chi connectivity index (χ0) is 22.7. The predicted molar refractivity (Wildman–Crippen MR) is 121 cm³/mol. The highest BCUT2D eigenvalue weighted by Crippen LogP contribution is 2.31. The molecule has 3 rings (SSSR count). The molecule has 0 aliphatic carbocycles. The molecule has 0 spiro atoms. The van der Waals surface area contributed by atoms with E-state index < -0.39 is 5.91 Å². The second-order valence-electron chi connectivity index (χ2n) is 6.96. The number of azo groups is 1. The largest absolute Gasteiger partial charge is 0.510 e. The van der Waals surface area contributed by atoms with Gasteiger partial charge in [0.2, 0.25) is 5.56 Å². The number of aryl methyl sites for hydroxylation is 2. The number of aliphatic hydroxyl groups excluding tert-OH is 1. The van der Waals surface area contributed by atoms with Gasteiger partial charge in [0.15, 0.2) is 5.70 Å². The summed E-state index contributed by atoms with van der Waals surface area (Å²) in [4.78, 5) is 27.2. The summed E-state index contributed by atoms with van der Waals surface area (Å²) >= 11 is 6.30. The Kier molecular flexibility index (Phi) is 6.41. The molecule has 0 aliphatic rings. The van der Waals surface area contributed by atoms with Gasteiger partial charge in [-0.15, -0.1) is 10.2 Å². The van der Waals surface area contributed by atoms with Crippen molar-refractivity contribution in [2.75, 3.05) is 12.4 Å². The highest BCUT2D eigenvalue weighted by molar-refractivity contribution is 6.33. The lowest BCUT2D eigenvalue weighted by molar-refractivity contribution is -0.113. The first-order valence-corrected chi connectivity index (χ1v) is 9.68. The fraction of sp³-hybridized carbons (Fsp3) is 0.182. The van der Waals surface area contributed by atoms with Gasteiger partial charge in [-0.05, 0) is 56.2 Å².